The Balaban J connectivity index is 2.15. The number of ether oxygens (including phenoxy) is 3. The summed E-state index contributed by atoms with van der Waals surface area (Å²) in [5.41, 5.74) is 1.17. The average Bonchev–Trinajstić information content (AvgIpc) is 3.02. The molecule has 0 atom stereocenters. The van der Waals surface area contributed by atoms with E-state index in [9.17, 15) is 4.79 Å². The lowest BCUT2D eigenvalue weighted by Crippen LogP contribution is -2.16. The molecule has 0 N–H and O–H groups in total. The lowest BCUT2D eigenvalue weighted by Gasteiger charge is -2.12. The predicted octanol–water partition coefficient (Wildman–Crippen LogP) is 3.76. The van der Waals surface area contributed by atoms with Crippen LogP contribution in [0.25, 0.3) is 10.2 Å². The summed E-state index contributed by atoms with van der Waals surface area (Å²) in [6.07, 6.45) is 5.49. The number of carbonyl (C=O) groups excluding carboxylic acids is 1. The second-order valence-electron chi connectivity index (χ2n) is 5.62. The number of aromatic nitrogens is 1. The van der Waals surface area contributed by atoms with Gasteiger partial charge in [0.1, 0.15) is 0 Å². The molecule has 0 aliphatic heterocycles. The number of benzene rings is 2. The van der Waals surface area contributed by atoms with Crippen molar-refractivity contribution in [1.29, 1.82) is 0 Å². The van der Waals surface area contributed by atoms with Crippen molar-refractivity contribution in [3.8, 4) is 29.6 Å². The number of nitrogens with zero attached hydrogens (tertiary/aromatic N) is 2. The SMILES string of the molecule is C#CCn1c(=NC(=O)c2cc(OC)c(OC)c(OC)c2)sc2cc(Cl)ccc21. The second-order valence-corrected chi connectivity index (χ2v) is 7.06. The number of terminal acetylenes is 1. The van der Waals surface area contributed by atoms with E-state index in [2.05, 4.69) is 10.9 Å². The van der Waals surface area contributed by atoms with Crippen LogP contribution in [0.4, 0.5) is 0 Å². The molecule has 0 unspecified atom stereocenters. The molecular weight excluding hydrogens is 400 g/mol. The van der Waals surface area contributed by atoms with Crippen molar-refractivity contribution < 1.29 is 19.0 Å². The Hall–Kier alpha value is -2.95. The Morgan fingerprint density at radius 3 is 2.43 bits per heavy atom. The first-order valence-electron chi connectivity index (χ1n) is 8.13. The molecule has 2 aromatic carbocycles. The molecule has 0 saturated heterocycles. The van der Waals surface area contributed by atoms with E-state index >= 15 is 0 Å². The van der Waals surface area contributed by atoms with Gasteiger partial charge in [0.2, 0.25) is 5.75 Å². The smallest absolute Gasteiger partial charge is 0.279 e. The van der Waals surface area contributed by atoms with Gasteiger partial charge in [-0.15, -0.1) is 6.42 Å². The van der Waals surface area contributed by atoms with Gasteiger partial charge in [0.15, 0.2) is 16.3 Å². The topological polar surface area (TPSA) is 62.1 Å². The fourth-order valence-electron chi connectivity index (χ4n) is 2.73. The van der Waals surface area contributed by atoms with Crippen LogP contribution in [0.2, 0.25) is 5.02 Å². The van der Waals surface area contributed by atoms with E-state index < -0.39 is 5.91 Å². The molecule has 144 valence electrons. The number of methoxy groups -OCH3 is 3. The number of halogens is 1. The predicted molar refractivity (Wildman–Crippen MR) is 110 cm³/mol. The maximum absolute atomic E-state index is 12.8. The van der Waals surface area contributed by atoms with E-state index in [4.69, 9.17) is 32.2 Å². The van der Waals surface area contributed by atoms with Crippen LogP contribution in [-0.4, -0.2) is 31.8 Å². The molecule has 0 fully saturated rings. The quantitative estimate of drug-likeness (QED) is 0.594. The Morgan fingerprint density at radius 1 is 1.18 bits per heavy atom. The van der Waals surface area contributed by atoms with E-state index in [1.807, 2.05) is 12.1 Å². The van der Waals surface area contributed by atoms with Crippen LogP contribution in [0, 0.1) is 12.3 Å². The van der Waals surface area contributed by atoms with Gasteiger partial charge in [-0.2, -0.15) is 4.99 Å². The molecular formula is C20H17ClN2O4S. The Bertz CT molecular complexity index is 1130. The number of thiazole rings is 1. The highest BCUT2D eigenvalue weighted by molar-refractivity contribution is 7.16. The number of fused-ring (bicyclic) bond motifs is 1. The Labute approximate surface area is 170 Å². The summed E-state index contributed by atoms with van der Waals surface area (Å²) in [4.78, 5) is 17.6. The van der Waals surface area contributed by atoms with E-state index in [1.165, 1.54) is 32.7 Å². The van der Waals surface area contributed by atoms with Crippen LogP contribution in [0.1, 0.15) is 10.4 Å². The zero-order chi connectivity index (χ0) is 20.3. The Kier molecular flexibility index (Phi) is 5.93. The minimum absolute atomic E-state index is 0.281. The summed E-state index contributed by atoms with van der Waals surface area (Å²) >= 11 is 7.41. The number of amides is 1. The van der Waals surface area contributed by atoms with Gasteiger partial charge >= 0.3 is 0 Å². The van der Waals surface area contributed by atoms with Crippen LogP contribution in [0.15, 0.2) is 35.3 Å². The van der Waals surface area contributed by atoms with E-state index in [0.29, 0.717) is 32.6 Å². The van der Waals surface area contributed by atoms with E-state index in [-0.39, 0.29) is 6.54 Å². The third-order valence-corrected chi connectivity index (χ3v) is 5.28. The lowest BCUT2D eigenvalue weighted by molar-refractivity contribution is 0.0997. The van der Waals surface area contributed by atoms with Gasteiger partial charge in [0.05, 0.1) is 38.1 Å². The standard InChI is InChI=1S/C20H17ClN2O4S/c1-5-8-23-14-7-6-13(21)11-17(14)28-20(23)22-19(24)12-9-15(25-2)18(27-4)16(10-12)26-3/h1,6-7,9-11H,8H2,2-4H3. The number of hydrogen-bond acceptors (Lipinski definition) is 5. The molecule has 0 radical (unpaired) electrons. The highest BCUT2D eigenvalue weighted by Gasteiger charge is 2.17. The van der Waals surface area contributed by atoms with Crippen molar-refractivity contribution in [3.63, 3.8) is 0 Å². The van der Waals surface area contributed by atoms with Crippen LogP contribution < -0.4 is 19.0 Å². The molecule has 0 bridgehead atoms. The number of carbonyl (C=O) groups is 1. The molecule has 1 amide bonds. The maximum Gasteiger partial charge on any atom is 0.279 e. The summed E-state index contributed by atoms with van der Waals surface area (Å²) < 4.78 is 18.6. The number of hydrogen-bond donors (Lipinski definition) is 0. The van der Waals surface area contributed by atoms with Gasteiger partial charge in [-0.25, -0.2) is 0 Å². The normalized spacial score (nSPS) is 11.3. The molecule has 28 heavy (non-hydrogen) atoms. The van der Waals surface area contributed by atoms with Gasteiger partial charge in [-0.1, -0.05) is 28.9 Å². The van der Waals surface area contributed by atoms with Crippen molar-refractivity contribution in [3.05, 3.63) is 45.7 Å². The summed E-state index contributed by atoms with van der Waals surface area (Å²) in [6, 6.07) is 8.56. The van der Waals surface area contributed by atoms with Crippen molar-refractivity contribution >= 4 is 39.1 Å². The first-order chi connectivity index (χ1) is 13.5. The average molecular weight is 417 g/mol. The fraction of sp³-hybridized carbons (Fsp3) is 0.200. The van der Waals surface area contributed by atoms with Crippen LogP contribution in [-0.2, 0) is 6.54 Å². The van der Waals surface area contributed by atoms with Crippen LogP contribution in [0.3, 0.4) is 0 Å². The maximum atomic E-state index is 12.8. The van der Waals surface area contributed by atoms with Crippen molar-refractivity contribution in [1.82, 2.24) is 4.57 Å². The van der Waals surface area contributed by atoms with Crippen molar-refractivity contribution in [2.45, 2.75) is 6.54 Å². The van der Waals surface area contributed by atoms with Gasteiger partial charge in [0, 0.05) is 10.6 Å². The van der Waals surface area contributed by atoms with E-state index in [1.54, 1.807) is 22.8 Å². The second kappa shape index (κ2) is 8.38. The molecule has 0 spiro atoms. The first kappa shape index (κ1) is 19.8. The molecule has 0 aliphatic carbocycles. The zero-order valence-electron chi connectivity index (χ0n) is 15.5. The van der Waals surface area contributed by atoms with E-state index in [0.717, 1.165) is 10.2 Å². The van der Waals surface area contributed by atoms with Gasteiger partial charge in [-0.05, 0) is 30.3 Å². The molecule has 0 saturated carbocycles. The number of rotatable bonds is 5. The fourth-order valence-corrected chi connectivity index (χ4v) is 4.04. The largest absolute Gasteiger partial charge is 0.493 e. The lowest BCUT2D eigenvalue weighted by atomic mass is 10.1. The molecule has 0 aliphatic rings. The highest BCUT2D eigenvalue weighted by atomic mass is 35.5. The summed E-state index contributed by atoms with van der Waals surface area (Å²) in [6.45, 7) is 0.281. The third-order valence-electron chi connectivity index (χ3n) is 4.00. The zero-order valence-corrected chi connectivity index (χ0v) is 17.1. The molecule has 3 rings (SSSR count). The summed E-state index contributed by atoms with van der Waals surface area (Å²) in [7, 11) is 4.47. The van der Waals surface area contributed by atoms with Crippen LogP contribution >= 0.6 is 22.9 Å². The van der Waals surface area contributed by atoms with Crippen molar-refractivity contribution in [2.24, 2.45) is 4.99 Å². The minimum Gasteiger partial charge on any atom is -0.493 e. The van der Waals surface area contributed by atoms with Gasteiger partial charge < -0.3 is 18.8 Å². The molecule has 1 aromatic heterocycles. The summed E-state index contributed by atoms with van der Waals surface area (Å²) in [5, 5.41) is 0.601. The Morgan fingerprint density at radius 2 is 1.86 bits per heavy atom. The minimum atomic E-state index is -0.456. The first-order valence-corrected chi connectivity index (χ1v) is 9.33. The summed E-state index contributed by atoms with van der Waals surface area (Å²) in [5.74, 6) is 3.29. The molecule has 8 heteroatoms. The third kappa shape index (κ3) is 3.70. The van der Waals surface area contributed by atoms with Crippen LogP contribution in [0.5, 0.6) is 17.2 Å². The molecule has 1 heterocycles. The highest BCUT2D eigenvalue weighted by Crippen LogP contribution is 2.38. The van der Waals surface area contributed by atoms with Gasteiger partial charge in [-0.3, -0.25) is 4.79 Å². The van der Waals surface area contributed by atoms with Gasteiger partial charge in [0.25, 0.3) is 5.91 Å². The molecule has 6 nitrogen and oxygen atoms in total. The monoisotopic (exact) mass is 416 g/mol. The molecule has 3 aromatic rings. The van der Waals surface area contributed by atoms with Crippen molar-refractivity contribution in [2.75, 3.05) is 21.3 Å².